The van der Waals surface area contributed by atoms with Gasteiger partial charge in [-0.25, -0.2) is 0 Å². The summed E-state index contributed by atoms with van der Waals surface area (Å²) < 4.78 is 5.54. The molecule has 2 aliphatic rings. The molecule has 0 radical (unpaired) electrons. The van der Waals surface area contributed by atoms with Gasteiger partial charge in [-0.3, -0.25) is 9.59 Å². The van der Waals surface area contributed by atoms with E-state index in [0.717, 1.165) is 19.3 Å². The van der Waals surface area contributed by atoms with Crippen LogP contribution in [0.15, 0.2) is 0 Å². The zero-order valence-corrected chi connectivity index (χ0v) is 8.60. The van der Waals surface area contributed by atoms with Gasteiger partial charge in [-0.1, -0.05) is 0 Å². The van der Waals surface area contributed by atoms with Crippen molar-refractivity contribution in [2.75, 3.05) is 0 Å². The average molecular weight is 213 g/mol. The largest absolute Gasteiger partial charge is 0.480 e. The van der Waals surface area contributed by atoms with Crippen LogP contribution < -0.4 is 5.32 Å². The number of carboxylic acids is 1. The van der Waals surface area contributed by atoms with E-state index in [2.05, 4.69) is 5.32 Å². The zero-order chi connectivity index (χ0) is 11.0. The summed E-state index contributed by atoms with van der Waals surface area (Å²) in [6.07, 6.45) is 2.91. The van der Waals surface area contributed by atoms with Gasteiger partial charge in [0.2, 0.25) is 5.91 Å². The Morgan fingerprint density at radius 1 is 1.47 bits per heavy atom. The molecule has 4 atom stereocenters. The number of fused-ring (bicyclic) bond motifs is 2. The quantitative estimate of drug-likeness (QED) is 0.699. The number of carboxylic acid groups (broad SMARTS) is 1. The highest BCUT2D eigenvalue weighted by atomic mass is 16.5. The van der Waals surface area contributed by atoms with Crippen LogP contribution in [-0.4, -0.2) is 35.2 Å². The molecule has 1 amide bonds. The molecule has 2 fully saturated rings. The first-order chi connectivity index (χ1) is 7.08. The Hall–Kier alpha value is -1.10. The number of hydrogen-bond donors (Lipinski definition) is 2. The second-order valence-corrected chi connectivity index (χ2v) is 4.28. The number of carbonyl (C=O) groups is 2. The molecule has 0 spiro atoms. The molecular formula is C10H15NO4. The van der Waals surface area contributed by atoms with Crippen LogP contribution in [0.1, 0.15) is 26.2 Å². The van der Waals surface area contributed by atoms with Crippen molar-refractivity contribution in [1.29, 1.82) is 0 Å². The number of nitrogens with one attached hydrogen (secondary N) is 1. The third-order valence-corrected chi connectivity index (χ3v) is 3.17. The molecular weight excluding hydrogens is 198 g/mol. The molecule has 84 valence electrons. The van der Waals surface area contributed by atoms with Crippen LogP contribution in [0.2, 0.25) is 0 Å². The van der Waals surface area contributed by atoms with E-state index < -0.39 is 12.0 Å². The van der Waals surface area contributed by atoms with Gasteiger partial charge in [0.05, 0.1) is 18.1 Å². The lowest BCUT2D eigenvalue weighted by atomic mass is 9.88. The first-order valence-corrected chi connectivity index (χ1v) is 5.26. The Labute approximate surface area is 87.8 Å². The van der Waals surface area contributed by atoms with Gasteiger partial charge in [0.15, 0.2) is 0 Å². The molecule has 2 aliphatic heterocycles. The molecule has 0 aromatic heterocycles. The van der Waals surface area contributed by atoms with Gasteiger partial charge in [0.1, 0.15) is 6.04 Å². The average Bonchev–Trinajstić information content (AvgIpc) is 2.78. The molecule has 0 saturated carbocycles. The second-order valence-electron chi connectivity index (χ2n) is 4.28. The van der Waals surface area contributed by atoms with E-state index >= 15 is 0 Å². The third kappa shape index (κ3) is 1.97. The molecule has 2 bridgehead atoms. The van der Waals surface area contributed by atoms with Gasteiger partial charge < -0.3 is 15.2 Å². The Morgan fingerprint density at radius 3 is 2.67 bits per heavy atom. The lowest BCUT2D eigenvalue weighted by molar-refractivity contribution is -0.142. The topological polar surface area (TPSA) is 75.6 Å². The lowest BCUT2D eigenvalue weighted by Crippen LogP contribution is -2.44. The summed E-state index contributed by atoms with van der Waals surface area (Å²) in [5.74, 6) is -1.34. The number of aliphatic carboxylic acids is 1. The highest BCUT2D eigenvalue weighted by molar-refractivity contribution is 5.85. The number of amides is 1. The first-order valence-electron chi connectivity index (χ1n) is 5.26. The Morgan fingerprint density at radius 2 is 2.20 bits per heavy atom. The van der Waals surface area contributed by atoms with E-state index in [0.29, 0.717) is 0 Å². The summed E-state index contributed by atoms with van der Waals surface area (Å²) in [5.41, 5.74) is 0. The number of hydrogen-bond acceptors (Lipinski definition) is 3. The van der Waals surface area contributed by atoms with Gasteiger partial charge in [-0.15, -0.1) is 0 Å². The molecule has 5 heteroatoms. The number of carbonyl (C=O) groups excluding carboxylic acids is 1. The van der Waals surface area contributed by atoms with Gasteiger partial charge >= 0.3 is 5.97 Å². The van der Waals surface area contributed by atoms with Crippen molar-refractivity contribution in [2.24, 2.45) is 5.92 Å². The molecule has 5 nitrogen and oxygen atoms in total. The highest BCUT2D eigenvalue weighted by Gasteiger charge is 2.44. The summed E-state index contributed by atoms with van der Waals surface area (Å²) in [6.45, 7) is 1.47. The maximum atomic E-state index is 11.7. The zero-order valence-electron chi connectivity index (χ0n) is 8.60. The molecule has 2 N–H and O–H groups in total. The van der Waals surface area contributed by atoms with Crippen molar-refractivity contribution >= 4 is 11.9 Å². The minimum absolute atomic E-state index is 0.0102. The van der Waals surface area contributed by atoms with Crippen LogP contribution in [0.5, 0.6) is 0 Å². The predicted molar refractivity (Wildman–Crippen MR) is 51.2 cm³/mol. The van der Waals surface area contributed by atoms with Crippen LogP contribution in [-0.2, 0) is 14.3 Å². The minimum atomic E-state index is -1.01. The van der Waals surface area contributed by atoms with Crippen LogP contribution in [0.4, 0.5) is 0 Å². The van der Waals surface area contributed by atoms with E-state index in [1.54, 1.807) is 0 Å². The first kappa shape index (κ1) is 10.4. The summed E-state index contributed by atoms with van der Waals surface area (Å²) >= 11 is 0. The SMILES string of the molecule is CC(NC(=O)C1CC2CCC1O2)C(=O)O. The molecule has 0 aromatic carbocycles. The van der Waals surface area contributed by atoms with Gasteiger partial charge in [-0.2, -0.15) is 0 Å². The van der Waals surface area contributed by atoms with Crippen LogP contribution in [0.3, 0.4) is 0 Å². The minimum Gasteiger partial charge on any atom is -0.480 e. The fourth-order valence-electron chi connectivity index (χ4n) is 2.30. The molecule has 2 heterocycles. The van der Waals surface area contributed by atoms with Crippen LogP contribution in [0.25, 0.3) is 0 Å². The van der Waals surface area contributed by atoms with E-state index in [4.69, 9.17) is 9.84 Å². The van der Waals surface area contributed by atoms with Gasteiger partial charge in [0, 0.05) is 0 Å². The van der Waals surface area contributed by atoms with Crippen molar-refractivity contribution < 1.29 is 19.4 Å². The van der Waals surface area contributed by atoms with E-state index in [1.807, 2.05) is 0 Å². The Kier molecular flexibility index (Phi) is 2.65. The van der Waals surface area contributed by atoms with Crippen molar-refractivity contribution in [3.8, 4) is 0 Å². The van der Waals surface area contributed by atoms with Crippen LogP contribution >= 0.6 is 0 Å². The van der Waals surface area contributed by atoms with Crippen molar-refractivity contribution in [1.82, 2.24) is 5.32 Å². The summed E-state index contributed by atoms with van der Waals surface area (Å²) in [6, 6.07) is -0.823. The fraction of sp³-hybridized carbons (Fsp3) is 0.800. The Balaban J connectivity index is 1.89. The molecule has 15 heavy (non-hydrogen) atoms. The third-order valence-electron chi connectivity index (χ3n) is 3.17. The van der Waals surface area contributed by atoms with Crippen LogP contribution in [0, 0.1) is 5.92 Å². The molecule has 0 aliphatic carbocycles. The standard InChI is InChI=1S/C10H15NO4/c1-5(10(13)14)11-9(12)7-4-6-2-3-8(7)15-6/h5-8H,2-4H2,1H3,(H,11,12)(H,13,14). The normalized spacial score (nSPS) is 35.1. The number of rotatable bonds is 3. The van der Waals surface area contributed by atoms with Crippen molar-refractivity contribution in [3.63, 3.8) is 0 Å². The predicted octanol–water partition coefficient (Wildman–Crippen LogP) is 0.143. The fourth-order valence-corrected chi connectivity index (χ4v) is 2.30. The monoisotopic (exact) mass is 213 g/mol. The van der Waals surface area contributed by atoms with E-state index in [9.17, 15) is 9.59 Å². The summed E-state index contributed by atoms with van der Waals surface area (Å²) in [7, 11) is 0. The smallest absolute Gasteiger partial charge is 0.325 e. The van der Waals surface area contributed by atoms with E-state index in [1.165, 1.54) is 6.92 Å². The molecule has 2 rings (SSSR count). The maximum absolute atomic E-state index is 11.7. The lowest BCUT2D eigenvalue weighted by Gasteiger charge is -2.19. The van der Waals surface area contributed by atoms with Crippen molar-refractivity contribution in [2.45, 2.75) is 44.4 Å². The molecule has 0 aromatic rings. The second kappa shape index (κ2) is 3.81. The van der Waals surface area contributed by atoms with E-state index in [-0.39, 0.29) is 24.0 Å². The highest BCUT2D eigenvalue weighted by Crippen LogP contribution is 2.38. The molecule has 4 unspecified atom stereocenters. The number of ether oxygens (including phenoxy) is 1. The van der Waals surface area contributed by atoms with Gasteiger partial charge in [0.25, 0.3) is 0 Å². The summed E-state index contributed by atoms with van der Waals surface area (Å²) in [4.78, 5) is 22.3. The van der Waals surface area contributed by atoms with Crippen molar-refractivity contribution in [3.05, 3.63) is 0 Å². The maximum Gasteiger partial charge on any atom is 0.325 e. The van der Waals surface area contributed by atoms with Gasteiger partial charge in [-0.05, 0) is 26.2 Å². The molecule has 2 saturated heterocycles. The summed E-state index contributed by atoms with van der Waals surface area (Å²) in [5, 5.41) is 11.1. The Bertz CT molecular complexity index is 291.